The molecule has 2 unspecified atom stereocenters. The van der Waals surface area contributed by atoms with Crippen molar-refractivity contribution in [3.8, 4) is 0 Å². The van der Waals surface area contributed by atoms with Crippen LogP contribution in [0.15, 0.2) is 30.3 Å². The molecule has 1 heterocycles. The third-order valence-electron chi connectivity index (χ3n) is 4.33. The Morgan fingerprint density at radius 2 is 1.86 bits per heavy atom. The predicted octanol–water partition coefficient (Wildman–Crippen LogP) is 1.70. The first-order chi connectivity index (χ1) is 10.1. The quantitative estimate of drug-likeness (QED) is 0.918. The molecule has 2 atom stereocenters. The van der Waals surface area contributed by atoms with Crippen LogP contribution in [0.25, 0.3) is 0 Å². The molecule has 0 saturated carbocycles. The van der Waals surface area contributed by atoms with E-state index in [4.69, 9.17) is 5.73 Å². The van der Waals surface area contributed by atoms with Crippen LogP contribution in [0, 0.1) is 5.92 Å². The third kappa shape index (κ3) is 4.55. The highest BCUT2D eigenvalue weighted by molar-refractivity contribution is 5.79. The van der Waals surface area contributed by atoms with Crippen LogP contribution in [0.5, 0.6) is 0 Å². The number of hydrogen-bond donors (Lipinski definition) is 1. The number of hydrogen-bond acceptors (Lipinski definition) is 3. The van der Waals surface area contributed by atoms with Crippen LogP contribution < -0.4 is 5.73 Å². The molecule has 0 radical (unpaired) electrons. The maximum atomic E-state index is 12.4. The molecular weight excluding hydrogens is 262 g/mol. The van der Waals surface area contributed by atoms with Gasteiger partial charge in [0.15, 0.2) is 0 Å². The van der Waals surface area contributed by atoms with Crippen LogP contribution in [-0.4, -0.2) is 47.9 Å². The van der Waals surface area contributed by atoms with Gasteiger partial charge >= 0.3 is 0 Å². The highest BCUT2D eigenvalue weighted by Gasteiger charge is 2.25. The van der Waals surface area contributed by atoms with Gasteiger partial charge in [-0.3, -0.25) is 9.69 Å². The highest BCUT2D eigenvalue weighted by atomic mass is 16.2. The maximum absolute atomic E-state index is 12.4. The summed E-state index contributed by atoms with van der Waals surface area (Å²) in [4.78, 5) is 16.8. The van der Waals surface area contributed by atoms with Crippen LogP contribution in [-0.2, 0) is 11.3 Å². The molecule has 21 heavy (non-hydrogen) atoms. The van der Waals surface area contributed by atoms with E-state index in [1.807, 2.05) is 24.8 Å². The average molecular weight is 289 g/mol. The van der Waals surface area contributed by atoms with Gasteiger partial charge in [-0.25, -0.2) is 0 Å². The van der Waals surface area contributed by atoms with E-state index >= 15 is 0 Å². The number of carbonyl (C=O) groups excluding carboxylic acids is 1. The van der Waals surface area contributed by atoms with Crippen molar-refractivity contribution >= 4 is 5.91 Å². The zero-order chi connectivity index (χ0) is 15.2. The summed E-state index contributed by atoms with van der Waals surface area (Å²) < 4.78 is 0. The molecule has 0 spiro atoms. The Morgan fingerprint density at radius 3 is 2.52 bits per heavy atom. The van der Waals surface area contributed by atoms with Crippen molar-refractivity contribution < 1.29 is 4.79 Å². The first-order valence-corrected chi connectivity index (χ1v) is 7.88. The van der Waals surface area contributed by atoms with E-state index in [0.29, 0.717) is 0 Å². The molecule has 1 saturated heterocycles. The smallest absolute Gasteiger partial charge is 0.226 e. The molecule has 4 heteroatoms. The average Bonchev–Trinajstić information content (AvgIpc) is 2.72. The van der Waals surface area contributed by atoms with Crippen LogP contribution >= 0.6 is 0 Å². The predicted molar refractivity (Wildman–Crippen MR) is 85.7 cm³/mol. The van der Waals surface area contributed by atoms with Crippen molar-refractivity contribution in [2.24, 2.45) is 11.7 Å². The van der Waals surface area contributed by atoms with Gasteiger partial charge in [-0.05, 0) is 18.9 Å². The summed E-state index contributed by atoms with van der Waals surface area (Å²) in [7, 11) is 0. The van der Waals surface area contributed by atoms with Gasteiger partial charge < -0.3 is 10.6 Å². The molecule has 116 valence electrons. The van der Waals surface area contributed by atoms with Gasteiger partial charge in [-0.15, -0.1) is 0 Å². The van der Waals surface area contributed by atoms with E-state index in [9.17, 15) is 4.79 Å². The summed E-state index contributed by atoms with van der Waals surface area (Å²) in [6, 6.07) is 10.4. The zero-order valence-electron chi connectivity index (χ0n) is 13.2. The SMILES string of the molecule is CC(N)C(C)C(=O)N1CCCN(Cc2ccccc2)CC1. The number of benzene rings is 1. The summed E-state index contributed by atoms with van der Waals surface area (Å²) in [5, 5.41) is 0. The second-order valence-electron chi connectivity index (χ2n) is 6.09. The lowest BCUT2D eigenvalue weighted by molar-refractivity contribution is -0.135. The topological polar surface area (TPSA) is 49.6 Å². The minimum Gasteiger partial charge on any atom is -0.341 e. The van der Waals surface area contributed by atoms with Crippen molar-refractivity contribution in [1.29, 1.82) is 0 Å². The van der Waals surface area contributed by atoms with Gasteiger partial charge in [0, 0.05) is 38.8 Å². The van der Waals surface area contributed by atoms with E-state index in [2.05, 4.69) is 29.2 Å². The van der Waals surface area contributed by atoms with E-state index < -0.39 is 0 Å². The maximum Gasteiger partial charge on any atom is 0.226 e. The van der Waals surface area contributed by atoms with Gasteiger partial charge in [0.25, 0.3) is 0 Å². The van der Waals surface area contributed by atoms with E-state index in [-0.39, 0.29) is 17.9 Å². The summed E-state index contributed by atoms with van der Waals surface area (Å²) in [6.07, 6.45) is 1.03. The fourth-order valence-electron chi connectivity index (χ4n) is 2.70. The molecule has 1 aliphatic heterocycles. The lowest BCUT2D eigenvalue weighted by Gasteiger charge is -2.26. The Morgan fingerprint density at radius 1 is 1.14 bits per heavy atom. The second-order valence-corrected chi connectivity index (χ2v) is 6.09. The molecule has 1 aromatic carbocycles. The molecule has 0 bridgehead atoms. The minimum atomic E-state index is -0.0920. The molecular formula is C17H27N3O. The normalized spacial score (nSPS) is 19.9. The van der Waals surface area contributed by atoms with Gasteiger partial charge in [0.2, 0.25) is 5.91 Å². The van der Waals surface area contributed by atoms with E-state index in [1.54, 1.807) is 0 Å². The Hall–Kier alpha value is -1.39. The first-order valence-electron chi connectivity index (χ1n) is 7.88. The fraction of sp³-hybridized carbons (Fsp3) is 0.588. The van der Waals surface area contributed by atoms with Crippen LogP contribution in [0.2, 0.25) is 0 Å². The number of rotatable bonds is 4. The van der Waals surface area contributed by atoms with Crippen LogP contribution in [0.3, 0.4) is 0 Å². The minimum absolute atomic E-state index is 0.0822. The monoisotopic (exact) mass is 289 g/mol. The standard InChI is InChI=1S/C17H27N3O/c1-14(15(2)18)17(21)20-10-6-9-19(11-12-20)13-16-7-4-3-5-8-16/h3-5,7-8,14-15H,6,9-13,18H2,1-2H3. The summed E-state index contributed by atoms with van der Waals surface area (Å²) in [6.45, 7) is 8.44. The molecule has 4 nitrogen and oxygen atoms in total. The van der Waals surface area contributed by atoms with Crippen LogP contribution in [0.4, 0.5) is 0 Å². The summed E-state index contributed by atoms with van der Waals surface area (Å²) in [5.74, 6) is 0.109. The lowest BCUT2D eigenvalue weighted by Crippen LogP contribution is -2.43. The van der Waals surface area contributed by atoms with Gasteiger partial charge in [0.1, 0.15) is 0 Å². The van der Waals surface area contributed by atoms with E-state index in [0.717, 1.165) is 39.1 Å². The Bertz CT molecular complexity index is 447. The van der Waals surface area contributed by atoms with Crippen LogP contribution in [0.1, 0.15) is 25.8 Å². The molecule has 2 rings (SSSR count). The molecule has 2 N–H and O–H groups in total. The van der Waals surface area contributed by atoms with Crippen molar-refractivity contribution in [3.05, 3.63) is 35.9 Å². The van der Waals surface area contributed by atoms with Gasteiger partial charge in [-0.2, -0.15) is 0 Å². The molecule has 1 aliphatic rings. The number of nitrogens with zero attached hydrogens (tertiary/aromatic N) is 2. The fourth-order valence-corrected chi connectivity index (χ4v) is 2.70. The summed E-state index contributed by atoms with van der Waals surface area (Å²) in [5.41, 5.74) is 7.19. The van der Waals surface area contributed by atoms with Gasteiger partial charge in [0.05, 0.1) is 5.92 Å². The molecule has 0 aromatic heterocycles. The van der Waals surface area contributed by atoms with Crippen molar-refractivity contribution in [2.75, 3.05) is 26.2 Å². The Kier molecular flexibility index (Phi) is 5.76. The third-order valence-corrected chi connectivity index (χ3v) is 4.33. The summed E-state index contributed by atoms with van der Waals surface area (Å²) >= 11 is 0. The Balaban J connectivity index is 1.88. The highest BCUT2D eigenvalue weighted by Crippen LogP contribution is 2.12. The molecule has 1 amide bonds. The number of nitrogens with two attached hydrogens (primary N) is 1. The van der Waals surface area contributed by atoms with Crippen molar-refractivity contribution in [2.45, 2.75) is 32.9 Å². The lowest BCUT2D eigenvalue weighted by atomic mass is 10.0. The molecule has 1 aromatic rings. The Labute approximate surface area is 127 Å². The second kappa shape index (κ2) is 7.57. The molecule has 1 fully saturated rings. The molecule has 0 aliphatic carbocycles. The van der Waals surface area contributed by atoms with Crippen molar-refractivity contribution in [3.63, 3.8) is 0 Å². The largest absolute Gasteiger partial charge is 0.341 e. The zero-order valence-corrected chi connectivity index (χ0v) is 13.2. The van der Waals surface area contributed by atoms with Crippen molar-refractivity contribution in [1.82, 2.24) is 9.80 Å². The number of carbonyl (C=O) groups is 1. The van der Waals surface area contributed by atoms with Gasteiger partial charge in [-0.1, -0.05) is 37.3 Å². The van der Waals surface area contributed by atoms with E-state index in [1.165, 1.54) is 5.56 Å². The number of amides is 1. The first kappa shape index (κ1) is 16.0.